The smallest absolute Gasteiger partial charge is 0.408 e. The van der Waals surface area contributed by atoms with Crippen LogP contribution in [0.15, 0.2) is 0 Å². The van der Waals surface area contributed by atoms with Crippen LogP contribution in [0, 0.1) is 0 Å². The second-order valence-corrected chi connectivity index (χ2v) is 6.04. The van der Waals surface area contributed by atoms with E-state index >= 15 is 0 Å². The lowest BCUT2D eigenvalue weighted by molar-refractivity contribution is -0.121. The summed E-state index contributed by atoms with van der Waals surface area (Å²) in [5.41, 5.74) is -1.06. The summed E-state index contributed by atoms with van der Waals surface area (Å²) < 4.78 is 5.17. The first-order valence-corrected chi connectivity index (χ1v) is 6.33. The van der Waals surface area contributed by atoms with Gasteiger partial charge in [-0.05, 0) is 41.0 Å². The Hall–Kier alpha value is -1.26. The van der Waals surface area contributed by atoms with Crippen molar-refractivity contribution in [1.82, 2.24) is 10.6 Å². The van der Waals surface area contributed by atoms with Gasteiger partial charge in [0.25, 0.3) is 0 Å². The van der Waals surface area contributed by atoms with Crippen molar-refractivity contribution in [3.63, 3.8) is 0 Å². The molecular formula is C13H26N2O3. The van der Waals surface area contributed by atoms with E-state index in [2.05, 4.69) is 10.6 Å². The Balaban J connectivity index is 4.14. The van der Waals surface area contributed by atoms with E-state index in [-0.39, 0.29) is 5.91 Å². The Labute approximate surface area is 110 Å². The van der Waals surface area contributed by atoms with E-state index in [1.807, 2.05) is 41.5 Å². The maximum absolute atomic E-state index is 11.6. The Bertz CT molecular complexity index is 293. The van der Waals surface area contributed by atoms with Crippen LogP contribution in [0.3, 0.4) is 0 Å². The first-order chi connectivity index (χ1) is 8.06. The molecule has 0 rings (SSSR count). The van der Waals surface area contributed by atoms with Gasteiger partial charge in [-0.1, -0.05) is 6.92 Å². The van der Waals surface area contributed by atoms with Crippen molar-refractivity contribution in [3.05, 3.63) is 0 Å². The predicted molar refractivity (Wildman–Crippen MR) is 71.4 cm³/mol. The molecule has 0 aromatic heterocycles. The lowest BCUT2D eigenvalue weighted by atomic mass is 10.1. The van der Waals surface area contributed by atoms with Crippen LogP contribution in [0.4, 0.5) is 4.79 Å². The van der Waals surface area contributed by atoms with E-state index in [1.54, 1.807) is 0 Å². The fraction of sp³-hybridized carbons (Fsp3) is 0.846. The lowest BCUT2D eigenvalue weighted by Crippen LogP contribution is -2.52. The van der Waals surface area contributed by atoms with Crippen LogP contribution in [0.25, 0.3) is 0 Å². The zero-order valence-electron chi connectivity index (χ0n) is 12.3. The maximum Gasteiger partial charge on any atom is 0.408 e. The van der Waals surface area contributed by atoms with Crippen molar-refractivity contribution in [2.45, 2.75) is 65.5 Å². The molecule has 0 aromatic rings. The minimum absolute atomic E-state index is 0.00318. The summed E-state index contributed by atoms with van der Waals surface area (Å²) >= 11 is 0. The normalized spacial score (nSPS) is 11.9. The molecule has 0 unspecified atom stereocenters. The van der Waals surface area contributed by atoms with Gasteiger partial charge in [0, 0.05) is 13.0 Å². The molecule has 0 aliphatic carbocycles. The zero-order chi connectivity index (χ0) is 14.4. The molecule has 0 aromatic carbocycles. The number of hydrogen-bond acceptors (Lipinski definition) is 3. The largest absolute Gasteiger partial charge is 0.444 e. The highest BCUT2D eigenvalue weighted by atomic mass is 16.6. The van der Waals surface area contributed by atoms with E-state index in [9.17, 15) is 9.59 Å². The molecule has 106 valence electrons. The molecule has 0 spiro atoms. The summed E-state index contributed by atoms with van der Waals surface area (Å²) in [7, 11) is 0. The second-order valence-electron chi connectivity index (χ2n) is 6.04. The molecule has 0 atom stereocenters. The zero-order valence-corrected chi connectivity index (χ0v) is 12.3. The molecule has 2 amide bonds. The Kier molecular flexibility index (Phi) is 6.15. The fourth-order valence-electron chi connectivity index (χ4n) is 1.26. The molecule has 5 nitrogen and oxygen atoms in total. The molecule has 2 N–H and O–H groups in total. The number of amides is 2. The number of hydrogen-bond donors (Lipinski definition) is 2. The molecule has 0 aliphatic heterocycles. The first-order valence-electron chi connectivity index (χ1n) is 6.33. The molecule has 18 heavy (non-hydrogen) atoms. The quantitative estimate of drug-likeness (QED) is 0.794. The van der Waals surface area contributed by atoms with Crippen LogP contribution < -0.4 is 10.6 Å². The van der Waals surface area contributed by atoms with Crippen molar-refractivity contribution in [3.8, 4) is 0 Å². The van der Waals surface area contributed by atoms with Gasteiger partial charge in [-0.15, -0.1) is 0 Å². The number of alkyl carbamates (subject to hydrolysis) is 1. The van der Waals surface area contributed by atoms with E-state index in [1.165, 1.54) is 0 Å². The molecule has 0 heterocycles. The standard InChI is InChI=1S/C13H26N2O3/c1-7-8-10(16)14-9-13(5,6)15-11(17)18-12(2,3)4/h7-9H2,1-6H3,(H,14,16)(H,15,17). The van der Waals surface area contributed by atoms with E-state index in [4.69, 9.17) is 4.74 Å². The van der Waals surface area contributed by atoms with Crippen molar-refractivity contribution >= 4 is 12.0 Å². The molecule has 5 heteroatoms. The van der Waals surface area contributed by atoms with Crippen LogP contribution in [-0.4, -0.2) is 29.7 Å². The third-order valence-electron chi connectivity index (χ3n) is 2.04. The van der Waals surface area contributed by atoms with Crippen molar-refractivity contribution in [1.29, 1.82) is 0 Å². The summed E-state index contributed by atoms with van der Waals surface area (Å²) in [4.78, 5) is 22.9. The van der Waals surface area contributed by atoms with Gasteiger partial charge >= 0.3 is 6.09 Å². The Morgan fingerprint density at radius 2 is 1.67 bits per heavy atom. The summed E-state index contributed by atoms with van der Waals surface area (Å²) in [5.74, 6) is -0.00318. The third-order valence-corrected chi connectivity index (χ3v) is 2.04. The number of carbonyl (C=O) groups is 2. The predicted octanol–water partition coefficient (Wildman–Crippen LogP) is 2.21. The SMILES string of the molecule is CCCC(=O)NCC(C)(C)NC(=O)OC(C)(C)C. The van der Waals surface area contributed by atoms with Crippen molar-refractivity contribution < 1.29 is 14.3 Å². The molecule has 0 fully saturated rings. The highest BCUT2D eigenvalue weighted by Crippen LogP contribution is 2.09. The summed E-state index contributed by atoms with van der Waals surface area (Å²) in [6.45, 7) is 11.4. The molecule has 0 aliphatic rings. The maximum atomic E-state index is 11.6. The average molecular weight is 258 g/mol. The third kappa shape index (κ3) is 8.84. The van der Waals surface area contributed by atoms with Gasteiger partial charge in [0.2, 0.25) is 5.91 Å². The minimum Gasteiger partial charge on any atom is -0.444 e. The minimum atomic E-state index is -0.536. The second kappa shape index (κ2) is 6.61. The number of nitrogens with one attached hydrogen (secondary N) is 2. The van der Waals surface area contributed by atoms with Crippen LogP contribution in [0.1, 0.15) is 54.4 Å². The van der Waals surface area contributed by atoms with Crippen molar-refractivity contribution in [2.75, 3.05) is 6.54 Å². The van der Waals surface area contributed by atoms with Crippen LogP contribution in [0.2, 0.25) is 0 Å². The van der Waals surface area contributed by atoms with Crippen LogP contribution >= 0.6 is 0 Å². The molecule has 0 saturated carbocycles. The Morgan fingerprint density at radius 1 is 1.11 bits per heavy atom. The summed E-state index contributed by atoms with van der Waals surface area (Å²) in [6.07, 6.45) is 0.839. The van der Waals surface area contributed by atoms with Gasteiger partial charge in [-0.2, -0.15) is 0 Å². The lowest BCUT2D eigenvalue weighted by Gasteiger charge is -2.28. The highest BCUT2D eigenvalue weighted by Gasteiger charge is 2.24. The van der Waals surface area contributed by atoms with Crippen LogP contribution in [-0.2, 0) is 9.53 Å². The van der Waals surface area contributed by atoms with Crippen LogP contribution in [0.5, 0.6) is 0 Å². The fourth-order valence-corrected chi connectivity index (χ4v) is 1.26. The van der Waals surface area contributed by atoms with E-state index in [0.29, 0.717) is 13.0 Å². The highest BCUT2D eigenvalue weighted by molar-refractivity contribution is 5.76. The molecular weight excluding hydrogens is 232 g/mol. The number of ether oxygens (including phenoxy) is 1. The first kappa shape index (κ1) is 16.7. The monoisotopic (exact) mass is 258 g/mol. The topological polar surface area (TPSA) is 67.4 Å². The molecule has 0 saturated heterocycles. The van der Waals surface area contributed by atoms with Gasteiger partial charge in [0.1, 0.15) is 5.60 Å². The summed E-state index contributed by atoms with van der Waals surface area (Å²) in [5, 5.41) is 5.52. The van der Waals surface area contributed by atoms with Gasteiger partial charge in [0.15, 0.2) is 0 Å². The average Bonchev–Trinajstić information content (AvgIpc) is 2.11. The van der Waals surface area contributed by atoms with E-state index in [0.717, 1.165) is 6.42 Å². The number of rotatable bonds is 5. The molecule has 0 bridgehead atoms. The van der Waals surface area contributed by atoms with Gasteiger partial charge in [-0.25, -0.2) is 4.79 Å². The van der Waals surface area contributed by atoms with Crippen molar-refractivity contribution in [2.24, 2.45) is 0 Å². The molecule has 0 radical (unpaired) electrons. The van der Waals surface area contributed by atoms with Gasteiger partial charge < -0.3 is 15.4 Å². The summed E-state index contributed by atoms with van der Waals surface area (Å²) in [6, 6.07) is 0. The Morgan fingerprint density at radius 3 is 2.11 bits per heavy atom. The van der Waals surface area contributed by atoms with Gasteiger partial charge in [-0.3, -0.25) is 4.79 Å². The number of carbonyl (C=O) groups excluding carboxylic acids is 2. The van der Waals surface area contributed by atoms with E-state index < -0.39 is 17.2 Å². The van der Waals surface area contributed by atoms with Gasteiger partial charge in [0.05, 0.1) is 5.54 Å².